The topological polar surface area (TPSA) is 105 Å². The Bertz CT molecular complexity index is 1420. The number of nitrogens with one attached hydrogen (secondary N) is 1. The van der Waals surface area contributed by atoms with Gasteiger partial charge in [-0.15, -0.1) is 0 Å². The maximum Gasteiger partial charge on any atom is 0.299 e. The Balaban J connectivity index is 1.41. The van der Waals surface area contributed by atoms with Crippen LogP contribution in [0.2, 0.25) is 0 Å². The molecule has 0 saturated heterocycles. The Hall–Kier alpha value is -4.73. The number of amides is 3. The Kier molecular flexibility index (Phi) is 6.78. The third-order valence-electron chi connectivity index (χ3n) is 6.46. The van der Waals surface area contributed by atoms with Crippen molar-refractivity contribution in [3.63, 3.8) is 0 Å². The van der Waals surface area contributed by atoms with Crippen molar-refractivity contribution in [3.05, 3.63) is 83.7 Å². The van der Waals surface area contributed by atoms with Gasteiger partial charge < -0.3 is 19.7 Å². The van der Waals surface area contributed by atoms with E-state index in [4.69, 9.17) is 9.47 Å². The predicted octanol–water partition coefficient (Wildman–Crippen LogP) is 3.53. The van der Waals surface area contributed by atoms with Crippen molar-refractivity contribution in [3.8, 4) is 11.5 Å². The molecule has 9 nitrogen and oxygen atoms in total. The summed E-state index contributed by atoms with van der Waals surface area (Å²) in [6.07, 6.45) is 0.257. The standard InChI is InChI=1S/C28H24FN3O6/c1-2-21(27(35)30-19-11-12-23-24(13-19)38-16-37-23)31(14-17-7-9-18(29)10-8-17)25(33)15-32-22-6-4-3-5-20(22)26(34)28(32)36/h3-13,21H,2,14-16H2,1H3,(H,30,35). The van der Waals surface area contributed by atoms with Crippen molar-refractivity contribution in [1.29, 1.82) is 0 Å². The zero-order valence-corrected chi connectivity index (χ0v) is 20.5. The Labute approximate surface area is 217 Å². The smallest absolute Gasteiger partial charge is 0.299 e. The zero-order valence-electron chi connectivity index (χ0n) is 20.5. The van der Waals surface area contributed by atoms with Crippen LogP contribution in [-0.2, 0) is 20.9 Å². The molecule has 3 amide bonds. The van der Waals surface area contributed by atoms with Crippen LogP contribution in [0.25, 0.3) is 0 Å². The molecular weight excluding hydrogens is 493 g/mol. The highest BCUT2D eigenvalue weighted by Crippen LogP contribution is 2.34. The average molecular weight is 518 g/mol. The van der Waals surface area contributed by atoms with Gasteiger partial charge >= 0.3 is 0 Å². The summed E-state index contributed by atoms with van der Waals surface area (Å²) in [5.41, 5.74) is 1.62. The van der Waals surface area contributed by atoms with E-state index in [1.807, 2.05) is 0 Å². The number of para-hydroxylation sites is 1. The van der Waals surface area contributed by atoms with Gasteiger partial charge in [-0.05, 0) is 48.4 Å². The molecule has 0 aromatic heterocycles. The van der Waals surface area contributed by atoms with Crippen molar-refractivity contribution < 1.29 is 33.0 Å². The number of carbonyl (C=O) groups excluding carboxylic acids is 4. The van der Waals surface area contributed by atoms with Gasteiger partial charge in [0, 0.05) is 18.3 Å². The molecule has 3 aromatic rings. The molecule has 0 saturated carbocycles. The average Bonchev–Trinajstić information content (AvgIpc) is 3.48. The first-order valence-electron chi connectivity index (χ1n) is 12.1. The molecule has 1 atom stereocenters. The third kappa shape index (κ3) is 4.80. The second kappa shape index (κ2) is 10.3. The number of halogens is 1. The molecule has 0 fully saturated rings. The highest BCUT2D eigenvalue weighted by molar-refractivity contribution is 6.52. The molecule has 2 heterocycles. The van der Waals surface area contributed by atoms with E-state index >= 15 is 0 Å². The number of benzene rings is 3. The summed E-state index contributed by atoms with van der Waals surface area (Å²) in [7, 11) is 0. The van der Waals surface area contributed by atoms with Gasteiger partial charge in [-0.3, -0.25) is 24.1 Å². The number of ketones is 1. The number of ether oxygens (including phenoxy) is 2. The molecule has 38 heavy (non-hydrogen) atoms. The van der Waals surface area contributed by atoms with Crippen molar-refractivity contribution in [2.24, 2.45) is 0 Å². The largest absolute Gasteiger partial charge is 0.454 e. The maximum absolute atomic E-state index is 13.7. The van der Waals surface area contributed by atoms with Crippen molar-refractivity contribution in [2.45, 2.75) is 25.9 Å². The first-order valence-corrected chi connectivity index (χ1v) is 12.1. The number of fused-ring (bicyclic) bond motifs is 2. The lowest BCUT2D eigenvalue weighted by molar-refractivity contribution is -0.138. The number of hydrogen-bond donors (Lipinski definition) is 1. The van der Waals surface area contributed by atoms with Crippen LogP contribution in [0, 0.1) is 5.82 Å². The highest BCUT2D eigenvalue weighted by atomic mass is 19.1. The van der Waals surface area contributed by atoms with Crippen LogP contribution in [0.3, 0.4) is 0 Å². The molecule has 2 aliphatic heterocycles. The molecule has 2 aliphatic rings. The summed E-state index contributed by atoms with van der Waals surface area (Å²) in [5.74, 6) is -1.87. The van der Waals surface area contributed by atoms with Gasteiger partial charge in [-0.1, -0.05) is 31.2 Å². The van der Waals surface area contributed by atoms with Crippen LogP contribution in [0.4, 0.5) is 15.8 Å². The number of rotatable bonds is 8. The van der Waals surface area contributed by atoms with Gasteiger partial charge in [0.15, 0.2) is 11.5 Å². The number of carbonyl (C=O) groups is 4. The van der Waals surface area contributed by atoms with E-state index in [0.29, 0.717) is 28.4 Å². The van der Waals surface area contributed by atoms with Crippen LogP contribution in [0.15, 0.2) is 66.7 Å². The number of anilines is 2. The lowest BCUT2D eigenvalue weighted by Crippen LogP contribution is -2.50. The van der Waals surface area contributed by atoms with E-state index in [-0.39, 0.29) is 25.3 Å². The summed E-state index contributed by atoms with van der Waals surface area (Å²) in [6.45, 7) is 1.40. The Morgan fingerprint density at radius 3 is 2.53 bits per heavy atom. The van der Waals surface area contributed by atoms with Crippen molar-refractivity contribution in [1.82, 2.24) is 4.90 Å². The van der Waals surface area contributed by atoms with Crippen molar-refractivity contribution >= 4 is 34.9 Å². The minimum absolute atomic E-state index is 0.0101. The Morgan fingerprint density at radius 1 is 1.03 bits per heavy atom. The zero-order chi connectivity index (χ0) is 26.8. The lowest BCUT2D eigenvalue weighted by atomic mass is 10.1. The quantitative estimate of drug-likeness (QED) is 0.459. The fourth-order valence-electron chi connectivity index (χ4n) is 4.54. The van der Waals surface area contributed by atoms with E-state index < -0.39 is 41.9 Å². The van der Waals surface area contributed by atoms with Crippen LogP contribution in [0.5, 0.6) is 11.5 Å². The molecule has 194 valence electrons. The van der Waals surface area contributed by atoms with Gasteiger partial charge in [-0.2, -0.15) is 0 Å². The summed E-state index contributed by atoms with van der Waals surface area (Å²) >= 11 is 0. The SMILES string of the molecule is CCC(C(=O)Nc1ccc2c(c1)OCO2)N(Cc1ccc(F)cc1)C(=O)CN1C(=O)C(=O)c2ccccc21. The van der Waals surface area contributed by atoms with E-state index in [2.05, 4.69) is 5.32 Å². The Morgan fingerprint density at radius 2 is 1.76 bits per heavy atom. The second-order valence-electron chi connectivity index (χ2n) is 8.87. The second-order valence-corrected chi connectivity index (χ2v) is 8.87. The number of nitrogens with zero attached hydrogens (tertiary/aromatic N) is 2. The third-order valence-corrected chi connectivity index (χ3v) is 6.46. The predicted molar refractivity (Wildman–Crippen MR) is 135 cm³/mol. The van der Waals surface area contributed by atoms with Gasteiger partial charge in [0.2, 0.25) is 18.6 Å². The summed E-state index contributed by atoms with van der Waals surface area (Å²) in [6, 6.07) is 16.1. The summed E-state index contributed by atoms with van der Waals surface area (Å²) in [5, 5.41) is 2.81. The van der Waals surface area contributed by atoms with Gasteiger partial charge in [-0.25, -0.2) is 4.39 Å². The van der Waals surface area contributed by atoms with Gasteiger partial charge in [0.1, 0.15) is 18.4 Å². The monoisotopic (exact) mass is 517 g/mol. The normalized spacial score (nSPS) is 14.3. The van der Waals surface area contributed by atoms with E-state index in [0.717, 1.165) is 4.90 Å². The van der Waals surface area contributed by atoms with Crippen LogP contribution in [0.1, 0.15) is 29.3 Å². The van der Waals surface area contributed by atoms with Crippen LogP contribution < -0.4 is 19.7 Å². The molecule has 5 rings (SSSR count). The molecule has 1 N–H and O–H groups in total. The minimum Gasteiger partial charge on any atom is -0.454 e. The fourth-order valence-corrected chi connectivity index (χ4v) is 4.54. The molecule has 0 bridgehead atoms. The lowest BCUT2D eigenvalue weighted by Gasteiger charge is -2.32. The van der Waals surface area contributed by atoms with Gasteiger partial charge in [0.05, 0.1) is 11.3 Å². The molecule has 3 aromatic carbocycles. The minimum atomic E-state index is -0.929. The van der Waals surface area contributed by atoms with E-state index in [9.17, 15) is 23.6 Å². The van der Waals surface area contributed by atoms with Crippen LogP contribution in [-0.4, -0.2) is 47.8 Å². The van der Waals surface area contributed by atoms with Crippen molar-refractivity contribution in [2.75, 3.05) is 23.6 Å². The van der Waals surface area contributed by atoms with E-state index in [1.165, 1.54) is 35.2 Å². The first kappa shape index (κ1) is 24.9. The first-order chi connectivity index (χ1) is 18.4. The molecule has 0 aliphatic carbocycles. The fraction of sp³-hybridized carbons (Fsp3) is 0.214. The maximum atomic E-state index is 13.7. The number of hydrogen-bond acceptors (Lipinski definition) is 6. The molecule has 0 radical (unpaired) electrons. The highest BCUT2D eigenvalue weighted by Gasteiger charge is 2.38. The molecule has 10 heteroatoms. The van der Waals surface area contributed by atoms with Gasteiger partial charge in [0.25, 0.3) is 11.7 Å². The molecular formula is C28H24FN3O6. The molecule has 0 spiro atoms. The van der Waals surface area contributed by atoms with E-state index in [1.54, 1.807) is 43.3 Å². The molecule has 1 unspecified atom stereocenters. The number of Topliss-reactive ketones (excluding diaryl/α,β-unsaturated/α-hetero) is 1. The van der Waals surface area contributed by atoms with Crippen LogP contribution >= 0.6 is 0 Å². The summed E-state index contributed by atoms with van der Waals surface area (Å²) in [4.78, 5) is 54.7. The summed E-state index contributed by atoms with van der Waals surface area (Å²) < 4.78 is 24.2.